The Kier molecular flexibility index (Phi) is 4.23. The summed E-state index contributed by atoms with van der Waals surface area (Å²) in [4.78, 5) is 1.50. The van der Waals surface area contributed by atoms with E-state index in [0.29, 0.717) is 0 Å². The Morgan fingerprint density at radius 2 is 1.79 bits per heavy atom. The second kappa shape index (κ2) is 5.00. The van der Waals surface area contributed by atoms with E-state index in [1.165, 1.54) is 4.90 Å². The molecule has 0 saturated heterocycles. The molecule has 0 aliphatic rings. The van der Waals surface area contributed by atoms with Crippen molar-refractivity contribution in [3.63, 3.8) is 0 Å². The van der Waals surface area contributed by atoms with Crippen LogP contribution in [-0.4, -0.2) is 19.6 Å². The van der Waals surface area contributed by atoms with Gasteiger partial charge in [-0.2, -0.15) is 0 Å². The summed E-state index contributed by atoms with van der Waals surface area (Å²) in [5.41, 5.74) is 0. The lowest BCUT2D eigenvalue weighted by atomic mass is 10.4. The molecule has 0 radical (unpaired) electrons. The van der Waals surface area contributed by atoms with Gasteiger partial charge in [0.15, 0.2) is 0 Å². The van der Waals surface area contributed by atoms with E-state index >= 15 is 0 Å². The fourth-order valence-corrected chi connectivity index (χ4v) is 4.16. The highest BCUT2D eigenvalue weighted by Crippen LogP contribution is 2.28. The Bertz CT molecular complexity index is 268. The number of hydrogen-bond acceptors (Lipinski definition) is 2. The molecule has 1 aromatic rings. The summed E-state index contributed by atoms with van der Waals surface area (Å²) in [7, 11) is -1.32. The molecular weight excluding hydrogens is 208 g/mol. The van der Waals surface area contributed by atoms with Gasteiger partial charge >= 0.3 is 0 Å². The maximum atomic E-state index is 11.1. The van der Waals surface area contributed by atoms with Crippen LogP contribution in [0.4, 0.5) is 0 Å². The van der Waals surface area contributed by atoms with E-state index in [-0.39, 0.29) is 11.5 Å². The highest BCUT2D eigenvalue weighted by molar-refractivity contribution is 8.01. The average Bonchev–Trinajstić information content (AvgIpc) is 2.14. The van der Waals surface area contributed by atoms with Gasteiger partial charge < -0.3 is 5.11 Å². The lowest BCUT2D eigenvalue weighted by molar-refractivity contribution is -0.363. The van der Waals surface area contributed by atoms with Crippen LogP contribution >= 0.6 is 11.8 Å². The minimum absolute atomic E-state index is 0.0370. The van der Waals surface area contributed by atoms with Gasteiger partial charge in [-0.05, 0) is 17.0 Å². The van der Waals surface area contributed by atoms with Gasteiger partial charge in [0.1, 0.15) is 0 Å². The van der Waals surface area contributed by atoms with Gasteiger partial charge in [0.05, 0.1) is 8.07 Å². The first-order valence-corrected chi connectivity index (χ1v) is 9.29. The molecule has 1 unspecified atom stereocenters. The lowest BCUT2D eigenvalue weighted by Crippen LogP contribution is -2.42. The van der Waals surface area contributed by atoms with E-state index in [2.05, 4.69) is 31.8 Å². The average molecular weight is 225 g/mol. The van der Waals surface area contributed by atoms with Crippen LogP contribution in [0.1, 0.15) is 0 Å². The second-order valence-corrected chi connectivity index (χ2v) is 11.6. The van der Waals surface area contributed by atoms with Crippen LogP contribution < -0.4 is 5.11 Å². The quantitative estimate of drug-likeness (QED) is 0.580. The van der Waals surface area contributed by atoms with Crippen LogP contribution in [0.3, 0.4) is 0 Å². The van der Waals surface area contributed by atoms with Crippen molar-refractivity contribution in [1.82, 2.24) is 0 Å². The molecule has 0 heterocycles. The van der Waals surface area contributed by atoms with Crippen LogP contribution in [0.15, 0.2) is 35.2 Å². The van der Waals surface area contributed by atoms with Gasteiger partial charge in [-0.15, -0.1) is 18.4 Å². The zero-order chi connectivity index (χ0) is 10.6. The molecule has 14 heavy (non-hydrogen) atoms. The number of rotatable bonds is 4. The Labute approximate surface area is 91.6 Å². The summed E-state index contributed by atoms with van der Waals surface area (Å²) < 4.78 is 0. The number of thioether (sulfide) groups is 1. The zero-order valence-electron chi connectivity index (χ0n) is 8.99. The van der Waals surface area contributed by atoms with Crippen molar-refractivity contribution in [1.29, 1.82) is 0 Å². The first kappa shape index (κ1) is 11.8. The highest BCUT2D eigenvalue weighted by atomic mass is 32.2. The van der Waals surface area contributed by atoms with Crippen molar-refractivity contribution in [3.8, 4) is 0 Å². The number of benzene rings is 1. The zero-order valence-corrected chi connectivity index (χ0v) is 10.8. The molecule has 1 atom stereocenters. The molecule has 1 nitrogen and oxygen atoms in total. The van der Waals surface area contributed by atoms with Gasteiger partial charge in [-0.1, -0.05) is 37.8 Å². The van der Waals surface area contributed by atoms with E-state index in [1.54, 1.807) is 11.8 Å². The van der Waals surface area contributed by atoms with Crippen LogP contribution in [0.5, 0.6) is 0 Å². The molecule has 1 rings (SSSR count). The Hall–Kier alpha value is -0.253. The monoisotopic (exact) mass is 225 g/mol. The molecule has 78 valence electrons. The summed E-state index contributed by atoms with van der Waals surface area (Å²) in [5, 5.41) is 11.1. The lowest BCUT2D eigenvalue weighted by Gasteiger charge is -2.30. The number of hydrogen-bond donors (Lipinski definition) is 0. The second-order valence-electron chi connectivity index (χ2n) is 4.45. The topological polar surface area (TPSA) is 23.1 Å². The minimum Gasteiger partial charge on any atom is -0.854 e. The van der Waals surface area contributed by atoms with E-state index in [1.807, 2.05) is 18.2 Å². The molecule has 0 aliphatic heterocycles. The third-order valence-electron chi connectivity index (χ3n) is 2.14. The van der Waals surface area contributed by atoms with Gasteiger partial charge in [0.25, 0.3) is 0 Å². The SMILES string of the molecule is C[Si](C)(C)C(C[O-])Sc1ccccc1. The predicted octanol–water partition coefficient (Wildman–Crippen LogP) is 2.39. The van der Waals surface area contributed by atoms with Crippen molar-refractivity contribution < 1.29 is 5.11 Å². The Morgan fingerprint density at radius 1 is 1.21 bits per heavy atom. The smallest absolute Gasteiger partial charge is 0.0574 e. The van der Waals surface area contributed by atoms with E-state index in [0.717, 1.165) is 0 Å². The maximum Gasteiger partial charge on any atom is 0.0574 e. The summed E-state index contributed by atoms with van der Waals surface area (Å²) in [6, 6.07) is 10.2. The molecular formula is C11H17OSSi-. The summed E-state index contributed by atoms with van der Waals surface area (Å²) in [6.07, 6.45) is 0. The van der Waals surface area contributed by atoms with E-state index < -0.39 is 8.07 Å². The third kappa shape index (κ3) is 3.48. The Morgan fingerprint density at radius 3 is 2.21 bits per heavy atom. The largest absolute Gasteiger partial charge is 0.854 e. The Balaban J connectivity index is 2.67. The fraction of sp³-hybridized carbons (Fsp3) is 0.455. The van der Waals surface area contributed by atoms with Gasteiger partial charge in [-0.25, -0.2) is 0 Å². The molecule has 0 amide bonds. The molecule has 0 saturated carbocycles. The molecule has 0 spiro atoms. The van der Waals surface area contributed by atoms with Crippen molar-refractivity contribution in [3.05, 3.63) is 30.3 Å². The van der Waals surface area contributed by atoms with Crippen LogP contribution in [0.25, 0.3) is 0 Å². The standard InChI is InChI=1S/C11H17OSSi/c1-14(2,3)11(9-12)13-10-7-5-4-6-8-10/h4-8,11H,9H2,1-3H3/q-1. The van der Waals surface area contributed by atoms with Gasteiger partial charge in [0, 0.05) is 4.90 Å². The first-order valence-electron chi connectivity index (χ1n) is 4.84. The first-order chi connectivity index (χ1) is 6.54. The summed E-state index contributed by atoms with van der Waals surface area (Å²) in [6.45, 7) is 6.80. The molecule has 0 bridgehead atoms. The van der Waals surface area contributed by atoms with E-state index in [9.17, 15) is 5.11 Å². The summed E-state index contributed by atoms with van der Waals surface area (Å²) >= 11 is 1.74. The molecule has 1 aromatic carbocycles. The van der Waals surface area contributed by atoms with E-state index in [4.69, 9.17) is 0 Å². The molecule has 0 aromatic heterocycles. The maximum absolute atomic E-state index is 11.1. The van der Waals surface area contributed by atoms with Gasteiger partial charge in [0.2, 0.25) is 0 Å². The summed E-state index contributed by atoms with van der Waals surface area (Å²) in [5.74, 6) is 0. The minimum atomic E-state index is -1.32. The predicted molar refractivity (Wildman–Crippen MR) is 64.3 cm³/mol. The van der Waals surface area contributed by atoms with Gasteiger partial charge in [-0.3, -0.25) is 0 Å². The van der Waals surface area contributed by atoms with Crippen molar-refractivity contribution >= 4 is 19.8 Å². The fourth-order valence-electron chi connectivity index (χ4n) is 1.12. The molecule has 3 heteroatoms. The van der Waals surface area contributed by atoms with Crippen LogP contribution in [-0.2, 0) is 0 Å². The molecule has 0 aliphatic carbocycles. The van der Waals surface area contributed by atoms with Crippen molar-refractivity contribution in [2.24, 2.45) is 0 Å². The molecule has 0 fully saturated rings. The molecule has 0 N–H and O–H groups in total. The normalized spacial score (nSPS) is 14.0. The highest BCUT2D eigenvalue weighted by Gasteiger charge is 2.23. The van der Waals surface area contributed by atoms with Crippen molar-refractivity contribution in [2.45, 2.75) is 29.4 Å². The third-order valence-corrected chi connectivity index (χ3v) is 7.68. The van der Waals surface area contributed by atoms with Crippen LogP contribution in [0.2, 0.25) is 19.6 Å². The van der Waals surface area contributed by atoms with Crippen LogP contribution in [0, 0.1) is 0 Å². The van der Waals surface area contributed by atoms with Crippen molar-refractivity contribution in [2.75, 3.05) is 6.61 Å².